The maximum atomic E-state index is 6.44. The molecule has 0 radical (unpaired) electrons. The maximum absolute atomic E-state index is 6.44. The van der Waals surface area contributed by atoms with E-state index < -0.39 is 0 Å². The molecule has 0 aliphatic carbocycles. The van der Waals surface area contributed by atoms with E-state index in [9.17, 15) is 0 Å². The first-order chi connectivity index (χ1) is 74.3. The summed E-state index contributed by atoms with van der Waals surface area (Å²) in [6.45, 7) is 0. The zero-order chi connectivity index (χ0) is 99.1. The lowest BCUT2D eigenvalue weighted by Gasteiger charge is -2.12. The summed E-state index contributed by atoms with van der Waals surface area (Å²) >= 11 is 1.88. The second-order valence-electron chi connectivity index (χ2n) is 37.8. The largest absolute Gasteiger partial charge is 0.455 e. The Morgan fingerprint density at radius 2 is 0.427 bits per heavy atom. The Morgan fingerprint density at radius 3 is 0.820 bits per heavy atom. The third-order valence-electron chi connectivity index (χ3n) is 28.9. The molecule has 0 atom stereocenters. The van der Waals surface area contributed by atoms with Crippen LogP contribution in [-0.4, -0.2) is 43.6 Å². The average molecular weight is 1940 g/mol. The van der Waals surface area contributed by atoms with Crippen LogP contribution in [0.2, 0.25) is 0 Å². The highest BCUT2D eigenvalue weighted by atomic mass is 32.1. The molecular formula is C138H87N9O2S. The molecular weight excluding hydrogens is 1850 g/mol. The molecule has 12 heteroatoms. The molecule has 0 spiro atoms. The minimum absolute atomic E-state index is 0.709. The average Bonchev–Trinajstić information content (AvgIpc) is 1.59. The van der Waals surface area contributed by atoms with E-state index >= 15 is 0 Å². The zero-order valence-corrected chi connectivity index (χ0v) is 81.8. The topological polar surface area (TPSA) is 118 Å². The number of hydrogen-bond acceptors (Lipinski definition) is 9. The fourth-order valence-corrected chi connectivity index (χ4v) is 23.0. The molecule has 11 nitrogen and oxygen atoms in total. The zero-order valence-electron chi connectivity index (χ0n) is 81.0. The van der Waals surface area contributed by atoms with Crippen molar-refractivity contribution in [3.05, 3.63) is 528 Å². The quantitative estimate of drug-likeness (QED) is 0.0996. The van der Waals surface area contributed by atoms with Gasteiger partial charge in [0.1, 0.15) is 22.3 Å². The van der Waals surface area contributed by atoms with Crippen molar-refractivity contribution in [3.8, 4) is 152 Å². The molecule has 9 heterocycles. The molecule has 0 N–H and O–H groups in total. The van der Waals surface area contributed by atoms with Gasteiger partial charge in [-0.2, -0.15) is 0 Å². The highest BCUT2D eigenvalue weighted by Gasteiger charge is 2.25. The molecule has 150 heavy (non-hydrogen) atoms. The van der Waals surface area contributed by atoms with Crippen molar-refractivity contribution in [2.75, 3.05) is 0 Å². The third kappa shape index (κ3) is 15.9. The first-order valence-electron chi connectivity index (χ1n) is 50.5. The van der Waals surface area contributed by atoms with Gasteiger partial charge in [0.2, 0.25) is 0 Å². The van der Waals surface area contributed by atoms with Crippen molar-refractivity contribution in [2.45, 2.75) is 0 Å². The van der Waals surface area contributed by atoms with Gasteiger partial charge in [-0.1, -0.05) is 413 Å². The van der Waals surface area contributed by atoms with Crippen LogP contribution in [0.1, 0.15) is 0 Å². The van der Waals surface area contributed by atoms with Crippen molar-refractivity contribution >= 4 is 141 Å². The number of furan rings is 2. The number of para-hydroxylation sites is 7. The molecule has 0 aliphatic rings. The van der Waals surface area contributed by atoms with Crippen LogP contribution in [0.25, 0.3) is 282 Å². The second kappa shape index (κ2) is 37.4. The summed E-state index contributed by atoms with van der Waals surface area (Å²) in [5.74, 6) is 2.14. The first kappa shape index (κ1) is 87.8. The van der Waals surface area contributed by atoms with Crippen LogP contribution in [0.4, 0.5) is 0 Å². The summed E-state index contributed by atoms with van der Waals surface area (Å²) in [4.78, 5) is 30.1. The van der Waals surface area contributed by atoms with E-state index in [0.29, 0.717) is 11.6 Å². The fraction of sp³-hybridized carbons (Fsp3) is 0. The number of aromatic nitrogens is 9. The molecule has 702 valence electrons. The van der Waals surface area contributed by atoms with Crippen molar-refractivity contribution in [3.63, 3.8) is 0 Å². The monoisotopic (exact) mass is 1930 g/mol. The second-order valence-corrected chi connectivity index (χ2v) is 38.9. The van der Waals surface area contributed by atoms with Gasteiger partial charge in [-0.15, -0.1) is 11.3 Å². The van der Waals surface area contributed by atoms with Crippen molar-refractivity contribution in [1.82, 2.24) is 43.6 Å². The Labute approximate surface area is 866 Å². The van der Waals surface area contributed by atoms with Gasteiger partial charge in [0.05, 0.1) is 67.3 Å². The van der Waals surface area contributed by atoms with Crippen LogP contribution in [0, 0.1) is 0 Å². The lowest BCUT2D eigenvalue weighted by Crippen LogP contribution is -1.97. The molecule has 0 amide bonds. The predicted molar refractivity (Wildman–Crippen MR) is 622 cm³/mol. The highest BCUT2D eigenvalue weighted by molar-refractivity contribution is 7.26. The highest BCUT2D eigenvalue weighted by Crippen LogP contribution is 2.47. The molecule has 30 rings (SSSR count). The van der Waals surface area contributed by atoms with Crippen molar-refractivity contribution in [1.29, 1.82) is 0 Å². The third-order valence-corrected chi connectivity index (χ3v) is 30.1. The van der Waals surface area contributed by atoms with Gasteiger partial charge in [-0.3, -0.25) is 0 Å². The minimum atomic E-state index is 0.709. The van der Waals surface area contributed by atoms with E-state index in [4.69, 9.17) is 38.7 Å². The number of thiophene rings is 1. The summed E-state index contributed by atoms with van der Waals surface area (Å²) in [6.07, 6.45) is 0. The Balaban J connectivity index is 0.000000108. The molecule has 0 unspecified atom stereocenters. The van der Waals surface area contributed by atoms with Crippen LogP contribution in [0.3, 0.4) is 0 Å². The minimum Gasteiger partial charge on any atom is -0.455 e. The van der Waals surface area contributed by atoms with Gasteiger partial charge in [-0.25, -0.2) is 29.9 Å². The van der Waals surface area contributed by atoms with E-state index in [2.05, 4.69) is 408 Å². The maximum Gasteiger partial charge on any atom is 0.160 e. The molecule has 0 saturated heterocycles. The van der Waals surface area contributed by atoms with Gasteiger partial charge < -0.3 is 22.5 Å². The lowest BCUT2D eigenvalue weighted by molar-refractivity contribution is 0.669. The van der Waals surface area contributed by atoms with Gasteiger partial charge in [0.15, 0.2) is 17.5 Å². The molecule has 0 fully saturated rings. The summed E-state index contributed by atoms with van der Waals surface area (Å²) in [5.41, 5.74) is 35.5. The smallest absolute Gasteiger partial charge is 0.160 e. The van der Waals surface area contributed by atoms with Crippen LogP contribution in [0.15, 0.2) is 537 Å². The van der Waals surface area contributed by atoms with Crippen molar-refractivity contribution in [2.24, 2.45) is 0 Å². The predicted octanol–water partition coefficient (Wildman–Crippen LogP) is 36.9. The Morgan fingerprint density at radius 1 is 0.160 bits per heavy atom. The first-order valence-corrected chi connectivity index (χ1v) is 51.3. The van der Waals surface area contributed by atoms with E-state index in [1.807, 2.05) is 145 Å². The number of benzene rings is 21. The molecule has 21 aromatic carbocycles. The number of hydrogen-bond donors (Lipinski definition) is 0. The van der Waals surface area contributed by atoms with Crippen LogP contribution < -0.4 is 0 Å². The summed E-state index contributed by atoms with van der Waals surface area (Å²) < 4.78 is 22.6. The number of rotatable bonds is 15. The number of fused-ring (bicyclic) bond motifs is 18. The van der Waals surface area contributed by atoms with Gasteiger partial charge in [0.25, 0.3) is 0 Å². The molecule has 9 aromatic heterocycles. The Kier molecular flexibility index (Phi) is 21.9. The van der Waals surface area contributed by atoms with Crippen molar-refractivity contribution < 1.29 is 8.83 Å². The fourth-order valence-electron chi connectivity index (χ4n) is 21.7. The summed E-state index contributed by atoms with van der Waals surface area (Å²) in [7, 11) is 0. The van der Waals surface area contributed by atoms with E-state index in [-0.39, 0.29) is 0 Å². The van der Waals surface area contributed by atoms with E-state index in [1.54, 1.807) is 0 Å². The number of nitrogens with zero attached hydrogens (tertiary/aromatic N) is 9. The lowest BCUT2D eigenvalue weighted by atomic mass is 10.0. The summed E-state index contributed by atoms with van der Waals surface area (Å²) in [5, 5.41) is 14.5. The van der Waals surface area contributed by atoms with Gasteiger partial charge in [0, 0.05) is 152 Å². The van der Waals surface area contributed by atoms with Gasteiger partial charge in [-0.05, 0) is 138 Å². The SMILES string of the molecule is c1ccc(-c2cc(-c3ccc(-n4c5ccccc5c5cc(-c6cccc7c6oc6ccccc67)ccc54)cc3)nc(-c3ccccc3)n2)cc1.c1ccc(-c2cc(-c3ccc(-n4c5ccccc5c5ccc(-c6cccc7c6oc6ccccc67)cc54)cc3)nc(-c3ccccc3)n2)cc1.c1ccc(-c2cc(-c3ccc(-n4c5ccccc5c5ccc(-c6cccc7c6sc6ccccc67)cc54)cc3)nc(-c3ccccc3)n2)cc1. The molecule has 0 bridgehead atoms. The normalized spacial score (nSPS) is 11.6. The van der Waals surface area contributed by atoms with Gasteiger partial charge >= 0.3 is 0 Å². The van der Waals surface area contributed by atoms with Crippen LogP contribution >= 0.6 is 11.3 Å². The molecule has 0 saturated carbocycles. The molecule has 0 aliphatic heterocycles. The van der Waals surface area contributed by atoms with E-state index in [0.717, 1.165) is 195 Å². The Bertz CT molecular complexity index is 9860. The van der Waals surface area contributed by atoms with E-state index in [1.165, 1.54) is 74.6 Å². The standard InChI is InChI=1S/2C46H29N3O.C46H29N3S/c1-3-12-30(13-4-1)40-29-41(48-46(47-40)32-14-5-2-6-15-32)31-22-25-34(26-23-31)49-42-20-9-7-16-36(42)37-27-24-33(28-43(37)49)35-18-11-19-39-38-17-8-10-21-44(38)50-45(35)39;1-3-12-30(13-4-1)40-29-41(48-46(47-40)32-14-5-2-6-15-32)31-22-25-34(26-23-31)49-42-20-9-7-16-36(42)39-28-33(24-27-43(39)49)35-18-11-19-38-37-17-8-10-21-44(37)50-45(35)38;1-3-12-30(13-4-1)40-29-41(48-46(47-40)32-14-5-2-6-15-32)31-22-25-34(26-23-31)49-42-20-9-7-16-36(42)37-27-24-33(28-43(37)49)35-18-11-19-39-38-17-8-10-21-44(38)50-45(35)39/h3*1-29H. The molecule has 30 aromatic rings. The Hall–Kier alpha value is -19.9. The summed E-state index contributed by atoms with van der Waals surface area (Å²) in [6, 6.07) is 185. The van der Waals surface area contributed by atoms with Crippen LogP contribution in [-0.2, 0) is 0 Å². The van der Waals surface area contributed by atoms with Crippen LogP contribution in [0.5, 0.6) is 0 Å².